The van der Waals surface area contributed by atoms with Crippen LogP contribution in [0.4, 0.5) is 0 Å². The second-order valence-corrected chi connectivity index (χ2v) is 6.19. The number of rotatable bonds is 2. The number of ether oxygens (including phenoxy) is 1. The van der Waals surface area contributed by atoms with E-state index in [9.17, 15) is 4.79 Å². The van der Waals surface area contributed by atoms with Crippen LogP contribution in [0.15, 0.2) is 24.3 Å². The van der Waals surface area contributed by atoms with Crippen LogP contribution in [-0.4, -0.2) is 56.0 Å². The maximum atomic E-state index is 12.5. The third-order valence-corrected chi connectivity index (χ3v) is 4.83. The number of amides is 1. The molecule has 0 spiro atoms. The summed E-state index contributed by atoms with van der Waals surface area (Å²) in [6.07, 6.45) is 0. The molecule has 1 saturated heterocycles. The molecule has 4 nitrogen and oxygen atoms in total. The number of piperazine rings is 1. The Balaban J connectivity index is 1.84. The molecule has 2 aromatic rings. The zero-order chi connectivity index (χ0) is 14.1. The van der Waals surface area contributed by atoms with Gasteiger partial charge >= 0.3 is 0 Å². The summed E-state index contributed by atoms with van der Waals surface area (Å²) in [5.74, 6) is 0.979. The van der Waals surface area contributed by atoms with E-state index >= 15 is 0 Å². The maximum absolute atomic E-state index is 12.5. The van der Waals surface area contributed by atoms with Gasteiger partial charge < -0.3 is 14.5 Å². The summed E-state index contributed by atoms with van der Waals surface area (Å²) < 4.78 is 6.35. The number of hydrogen-bond donors (Lipinski definition) is 0. The van der Waals surface area contributed by atoms with Gasteiger partial charge in [-0.3, -0.25) is 4.79 Å². The minimum atomic E-state index is 0.151. The van der Waals surface area contributed by atoms with Gasteiger partial charge in [0.25, 0.3) is 5.91 Å². The van der Waals surface area contributed by atoms with E-state index in [0.29, 0.717) is 0 Å². The number of methoxy groups -OCH3 is 1. The van der Waals surface area contributed by atoms with Crippen molar-refractivity contribution >= 4 is 27.3 Å². The molecule has 1 aromatic heterocycles. The van der Waals surface area contributed by atoms with Gasteiger partial charge in [0.1, 0.15) is 5.75 Å². The van der Waals surface area contributed by atoms with E-state index in [1.165, 1.54) is 0 Å². The zero-order valence-corrected chi connectivity index (χ0v) is 12.6. The van der Waals surface area contributed by atoms with Crippen molar-refractivity contribution in [2.75, 3.05) is 40.3 Å². The fourth-order valence-corrected chi connectivity index (χ4v) is 3.43. The molecule has 0 atom stereocenters. The summed E-state index contributed by atoms with van der Waals surface area (Å²) in [6.45, 7) is 3.52. The van der Waals surface area contributed by atoms with E-state index in [0.717, 1.165) is 46.9 Å². The molecule has 0 unspecified atom stereocenters. The number of fused-ring (bicyclic) bond motifs is 1. The highest BCUT2D eigenvalue weighted by molar-refractivity contribution is 7.20. The van der Waals surface area contributed by atoms with Gasteiger partial charge in [-0.15, -0.1) is 11.3 Å². The summed E-state index contributed by atoms with van der Waals surface area (Å²) >= 11 is 1.56. The fourth-order valence-electron chi connectivity index (χ4n) is 2.42. The molecule has 20 heavy (non-hydrogen) atoms. The Hall–Kier alpha value is -1.59. The second-order valence-electron chi connectivity index (χ2n) is 5.11. The average molecular weight is 290 g/mol. The molecule has 5 heteroatoms. The summed E-state index contributed by atoms with van der Waals surface area (Å²) in [5, 5.41) is 1.08. The van der Waals surface area contributed by atoms with Gasteiger partial charge in [-0.05, 0) is 36.7 Å². The summed E-state index contributed by atoms with van der Waals surface area (Å²) in [7, 11) is 3.75. The predicted octanol–water partition coefficient (Wildman–Crippen LogP) is 2.30. The van der Waals surface area contributed by atoms with Crippen LogP contribution in [0.5, 0.6) is 5.75 Å². The van der Waals surface area contributed by atoms with E-state index in [2.05, 4.69) is 11.9 Å². The van der Waals surface area contributed by atoms with Gasteiger partial charge in [-0.25, -0.2) is 0 Å². The van der Waals surface area contributed by atoms with Crippen LogP contribution in [0.3, 0.4) is 0 Å². The van der Waals surface area contributed by atoms with Crippen molar-refractivity contribution in [2.45, 2.75) is 0 Å². The lowest BCUT2D eigenvalue weighted by molar-refractivity contribution is 0.0669. The summed E-state index contributed by atoms with van der Waals surface area (Å²) in [5.41, 5.74) is 0. The van der Waals surface area contributed by atoms with Crippen molar-refractivity contribution in [3.05, 3.63) is 29.1 Å². The molecule has 1 fully saturated rings. The van der Waals surface area contributed by atoms with Crippen molar-refractivity contribution in [3.63, 3.8) is 0 Å². The number of thiophene rings is 1. The molecule has 0 bridgehead atoms. The Bertz CT molecular complexity index is 630. The highest BCUT2D eigenvalue weighted by atomic mass is 32.1. The smallest absolute Gasteiger partial charge is 0.264 e. The van der Waals surface area contributed by atoms with E-state index in [1.54, 1.807) is 18.4 Å². The molecule has 1 aromatic carbocycles. The highest BCUT2D eigenvalue weighted by Gasteiger charge is 2.21. The molecule has 0 radical (unpaired) electrons. The molecular formula is C15H18N2O2S. The minimum Gasteiger partial charge on any atom is -0.497 e. The predicted molar refractivity (Wildman–Crippen MR) is 81.8 cm³/mol. The number of carbonyl (C=O) groups is 1. The number of hydrogen-bond acceptors (Lipinski definition) is 4. The third-order valence-electron chi connectivity index (χ3n) is 3.72. The van der Waals surface area contributed by atoms with Gasteiger partial charge in [0, 0.05) is 30.9 Å². The van der Waals surface area contributed by atoms with Crippen molar-refractivity contribution in [2.24, 2.45) is 0 Å². The molecule has 0 saturated carbocycles. The Morgan fingerprint density at radius 3 is 2.65 bits per heavy atom. The van der Waals surface area contributed by atoms with Gasteiger partial charge in [0.05, 0.1) is 12.0 Å². The fraction of sp³-hybridized carbons (Fsp3) is 0.400. The summed E-state index contributed by atoms with van der Waals surface area (Å²) in [4.78, 5) is 17.5. The molecule has 3 rings (SSSR count). The second kappa shape index (κ2) is 5.42. The van der Waals surface area contributed by atoms with Crippen LogP contribution in [-0.2, 0) is 0 Å². The SMILES string of the molecule is COc1ccc2sc(C(=O)N3CCN(C)CC3)cc2c1. The number of nitrogens with zero attached hydrogens (tertiary/aromatic N) is 2. The van der Waals surface area contributed by atoms with Gasteiger partial charge in [0.15, 0.2) is 0 Å². The maximum Gasteiger partial charge on any atom is 0.264 e. The minimum absolute atomic E-state index is 0.151. The Morgan fingerprint density at radius 2 is 1.95 bits per heavy atom. The van der Waals surface area contributed by atoms with E-state index in [-0.39, 0.29) is 5.91 Å². The van der Waals surface area contributed by atoms with Crippen molar-refractivity contribution in [1.29, 1.82) is 0 Å². The van der Waals surface area contributed by atoms with E-state index in [4.69, 9.17) is 4.74 Å². The van der Waals surface area contributed by atoms with Crippen LogP contribution >= 0.6 is 11.3 Å². The van der Waals surface area contributed by atoms with Crippen LogP contribution in [0.2, 0.25) is 0 Å². The quantitative estimate of drug-likeness (QED) is 0.851. The van der Waals surface area contributed by atoms with E-state index in [1.807, 2.05) is 29.2 Å². The monoisotopic (exact) mass is 290 g/mol. The molecule has 106 valence electrons. The molecular weight excluding hydrogens is 272 g/mol. The van der Waals surface area contributed by atoms with Gasteiger partial charge in [-0.1, -0.05) is 0 Å². The molecule has 2 heterocycles. The first-order valence-electron chi connectivity index (χ1n) is 6.73. The Morgan fingerprint density at radius 1 is 1.20 bits per heavy atom. The largest absolute Gasteiger partial charge is 0.497 e. The molecule has 1 aliphatic heterocycles. The van der Waals surface area contributed by atoms with E-state index < -0.39 is 0 Å². The molecule has 1 amide bonds. The first-order valence-corrected chi connectivity index (χ1v) is 7.54. The van der Waals surface area contributed by atoms with Crippen molar-refractivity contribution < 1.29 is 9.53 Å². The van der Waals surface area contributed by atoms with Gasteiger partial charge in [0.2, 0.25) is 0 Å². The molecule has 0 aliphatic carbocycles. The van der Waals surface area contributed by atoms with Crippen molar-refractivity contribution in [3.8, 4) is 5.75 Å². The number of likely N-dealkylation sites (N-methyl/N-ethyl adjacent to an activating group) is 1. The van der Waals surface area contributed by atoms with Crippen LogP contribution in [0.1, 0.15) is 9.67 Å². The Labute approximate surface area is 122 Å². The van der Waals surface area contributed by atoms with Crippen LogP contribution in [0, 0.1) is 0 Å². The number of benzene rings is 1. The lowest BCUT2D eigenvalue weighted by atomic mass is 10.2. The Kier molecular flexibility index (Phi) is 3.63. The first kappa shape index (κ1) is 13.4. The molecule has 1 aliphatic rings. The number of carbonyl (C=O) groups excluding carboxylic acids is 1. The zero-order valence-electron chi connectivity index (χ0n) is 11.8. The lowest BCUT2D eigenvalue weighted by Crippen LogP contribution is -2.46. The normalized spacial score (nSPS) is 16.6. The summed E-state index contributed by atoms with van der Waals surface area (Å²) in [6, 6.07) is 7.90. The topological polar surface area (TPSA) is 32.8 Å². The third kappa shape index (κ3) is 2.51. The standard InChI is InChI=1S/C15H18N2O2S/c1-16-5-7-17(8-6-16)15(18)14-10-11-9-12(19-2)3-4-13(11)20-14/h3-4,9-10H,5-8H2,1-2H3. The van der Waals surface area contributed by atoms with Crippen LogP contribution in [0.25, 0.3) is 10.1 Å². The highest BCUT2D eigenvalue weighted by Crippen LogP contribution is 2.29. The first-order chi connectivity index (χ1) is 9.67. The van der Waals surface area contributed by atoms with Crippen LogP contribution < -0.4 is 4.74 Å². The average Bonchev–Trinajstić information content (AvgIpc) is 2.90. The van der Waals surface area contributed by atoms with Crippen molar-refractivity contribution in [1.82, 2.24) is 9.80 Å². The lowest BCUT2D eigenvalue weighted by Gasteiger charge is -2.32. The molecule has 0 N–H and O–H groups in total. The van der Waals surface area contributed by atoms with Gasteiger partial charge in [-0.2, -0.15) is 0 Å².